The zero-order valence-corrected chi connectivity index (χ0v) is 11.3. The van der Waals surface area contributed by atoms with Crippen LogP contribution in [0.2, 0.25) is 0 Å². The van der Waals surface area contributed by atoms with Gasteiger partial charge in [0, 0.05) is 18.2 Å². The van der Waals surface area contributed by atoms with Gasteiger partial charge >= 0.3 is 0 Å². The van der Waals surface area contributed by atoms with Gasteiger partial charge in [-0.2, -0.15) is 0 Å². The summed E-state index contributed by atoms with van der Waals surface area (Å²) in [5.41, 5.74) is 6.23. The molecule has 2 aromatic rings. The van der Waals surface area contributed by atoms with Crippen molar-refractivity contribution in [1.29, 1.82) is 0 Å². The van der Waals surface area contributed by atoms with Crippen molar-refractivity contribution in [3.8, 4) is 5.75 Å². The van der Waals surface area contributed by atoms with Crippen molar-refractivity contribution >= 4 is 11.6 Å². The fourth-order valence-electron chi connectivity index (χ4n) is 1.81. The predicted octanol–water partition coefficient (Wildman–Crippen LogP) is 1.99. The lowest BCUT2D eigenvalue weighted by Gasteiger charge is -2.13. The second-order valence-corrected chi connectivity index (χ2v) is 4.61. The SMILES string of the molecule is CC(Cc1ccco1)NC(=O)COc1ccc(N)cc1. The van der Waals surface area contributed by atoms with Gasteiger partial charge in [-0.25, -0.2) is 0 Å². The summed E-state index contributed by atoms with van der Waals surface area (Å²) in [6, 6.07) is 10.6. The van der Waals surface area contributed by atoms with Gasteiger partial charge in [-0.1, -0.05) is 0 Å². The van der Waals surface area contributed by atoms with E-state index in [0.29, 0.717) is 17.9 Å². The van der Waals surface area contributed by atoms with E-state index in [9.17, 15) is 4.79 Å². The number of benzene rings is 1. The third-order valence-corrected chi connectivity index (χ3v) is 2.74. The monoisotopic (exact) mass is 274 g/mol. The summed E-state index contributed by atoms with van der Waals surface area (Å²) >= 11 is 0. The van der Waals surface area contributed by atoms with Crippen LogP contribution in [0.4, 0.5) is 5.69 Å². The maximum absolute atomic E-state index is 11.7. The standard InChI is InChI=1S/C15H18N2O3/c1-11(9-14-3-2-8-19-14)17-15(18)10-20-13-6-4-12(16)5-7-13/h2-8,11H,9-10,16H2,1H3,(H,17,18). The fraction of sp³-hybridized carbons (Fsp3) is 0.267. The molecule has 3 N–H and O–H groups in total. The van der Waals surface area contributed by atoms with Crippen LogP contribution in [0.3, 0.4) is 0 Å². The number of ether oxygens (including phenoxy) is 1. The van der Waals surface area contributed by atoms with Crippen LogP contribution < -0.4 is 15.8 Å². The van der Waals surface area contributed by atoms with Crippen LogP contribution in [0.5, 0.6) is 5.75 Å². The van der Waals surface area contributed by atoms with E-state index < -0.39 is 0 Å². The number of amides is 1. The molecule has 0 aliphatic rings. The minimum atomic E-state index is -0.166. The third-order valence-electron chi connectivity index (χ3n) is 2.74. The highest BCUT2D eigenvalue weighted by atomic mass is 16.5. The van der Waals surface area contributed by atoms with Crippen molar-refractivity contribution in [3.05, 3.63) is 48.4 Å². The Balaban J connectivity index is 1.73. The topological polar surface area (TPSA) is 77.5 Å². The maximum Gasteiger partial charge on any atom is 0.258 e. The van der Waals surface area contributed by atoms with Gasteiger partial charge in [-0.3, -0.25) is 4.79 Å². The molecule has 20 heavy (non-hydrogen) atoms. The van der Waals surface area contributed by atoms with Crippen LogP contribution in [0.25, 0.3) is 0 Å². The molecule has 5 heteroatoms. The zero-order valence-electron chi connectivity index (χ0n) is 11.3. The molecule has 0 aliphatic carbocycles. The summed E-state index contributed by atoms with van der Waals surface area (Å²) < 4.78 is 10.6. The molecule has 1 aromatic carbocycles. The number of anilines is 1. The molecule has 0 radical (unpaired) electrons. The van der Waals surface area contributed by atoms with Gasteiger partial charge in [0.25, 0.3) is 5.91 Å². The van der Waals surface area contributed by atoms with E-state index in [0.717, 1.165) is 5.76 Å². The number of hydrogen-bond acceptors (Lipinski definition) is 4. The Morgan fingerprint density at radius 1 is 1.35 bits per heavy atom. The first-order valence-corrected chi connectivity index (χ1v) is 6.43. The molecule has 0 fully saturated rings. The number of nitrogens with one attached hydrogen (secondary N) is 1. The van der Waals surface area contributed by atoms with Crippen molar-refractivity contribution in [1.82, 2.24) is 5.32 Å². The van der Waals surface area contributed by atoms with Gasteiger partial charge in [0.15, 0.2) is 6.61 Å². The normalized spacial score (nSPS) is 11.8. The summed E-state index contributed by atoms with van der Waals surface area (Å²) in [4.78, 5) is 11.7. The third kappa shape index (κ3) is 4.35. The lowest BCUT2D eigenvalue weighted by atomic mass is 10.2. The summed E-state index contributed by atoms with van der Waals surface area (Å²) in [7, 11) is 0. The maximum atomic E-state index is 11.7. The van der Waals surface area contributed by atoms with Crippen LogP contribution in [-0.2, 0) is 11.2 Å². The van der Waals surface area contributed by atoms with Gasteiger partial charge in [0.2, 0.25) is 0 Å². The van der Waals surface area contributed by atoms with Crippen molar-refractivity contribution in [3.63, 3.8) is 0 Å². The predicted molar refractivity (Wildman–Crippen MR) is 76.4 cm³/mol. The van der Waals surface area contributed by atoms with Crippen molar-refractivity contribution in [2.24, 2.45) is 0 Å². The summed E-state index contributed by atoms with van der Waals surface area (Å²) in [5, 5.41) is 2.85. The quantitative estimate of drug-likeness (QED) is 0.790. The van der Waals surface area contributed by atoms with E-state index in [4.69, 9.17) is 14.9 Å². The van der Waals surface area contributed by atoms with Crippen LogP contribution in [0.15, 0.2) is 47.1 Å². The van der Waals surface area contributed by atoms with Crippen molar-refractivity contribution < 1.29 is 13.9 Å². The van der Waals surface area contributed by atoms with E-state index in [1.807, 2.05) is 19.1 Å². The lowest BCUT2D eigenvalue weighted by Crippen LogP contribution is -2.37. The van der Waals surface area contributed by atoms with Crippen LogP contribution in [-0.4, -0.2) is 18.6 Å². The molecule has 106 valence electrons. The molecule has 1 aromatic heterocycles. The Morgan fingerprint density at radius 2 is 2.10 bits per heavy atom. The molecule has 5 nitrogen and oxygen atoms in total. The fourth-order valence-corrected chi connectivity index (χ4v) is 1.81. The largest absolute Gasteiger partial charge is 0.484 e. The molecule has 0 aliphatic heterocycles. The minimum Gasteiger partial charge on any atom is -0.484 e. The number of hydrogen-bond donors (Lipinski definition) is 2. The van der Waals surface area contributed by atoms with E-state index in [2.05, 4.69) is 5.32 Å². The summed E-state index contributed by atoms with van der Waals surface area (Å²) in [5.74, 6) is 1.30. The van der Waals surface area contributed by atoms with Gasteiger partial charge in [0.05, 0.1) is 6.26 Å². The van der Waals surface area contributed by atoms with Crippen molar-refractivity contribution in [2.45, 2.75) is 19.4 Å². The van der Waals surface area contributed by atoms with Crippen molar-refractivity contribution in [2.75, 3.05) is 12.3 Å². The Labute approximate surface area is 117 Å². The van der Waals surface area contributed by atoms with E-state index in [1.54, 1.807) is 30.5 Å². The van der Waals surface area contributed by atoms with E-state index in [1.165, 1.54) is 0 Å². The van der Waals surface area contributed by atoms with Gasteiger partial charge in [0.1, 0.15) is 11.5 Å². The van der Waals surface area contributed by atoms with Crippen LogP contribution in [0, 0.1) is 0 Å². The second-order valence-electron chi connectivity index (χ2n) is 4.61. The Bertz CT molecular complexity index is 535. The van der Waals surface area contributed by atoms with Crippen LogP contribution in [0.1, 0.15) is 12.7 Å². The average Bonchev–Trinajstić information content (AvgIpc) is 2.90. The molecule has 0 bridgehead atoms. The van der Waals surface area contributed by atoms with E-state index in [-0.39, 0.29) is 18.6 Å². The smallest absolute Gasteiger partial charge is 0.258 e. The first-order chi connectivity index (χ1) is 9.63. The number of carbonyl (C=O) groups excluding carboxylic acids is 1. The van der Waals surface area contributed by atoms with E-state index >= 15 is 0 Å². The molecule has 1 unspecified atom stereocenters. The number of carbonyl (C=O) groups is 1. The zero-order chi connectivity index (χ0) is 14.4. The van der Waals surface area contributed by atoms with Gasteiger partial charge in [-0.15, -0.1) is 0 Å². The number of nitrogens with two attached hydrogens (primary N) is 1. The van der Waals surface area contributed by atoms with Gasteiger partial charge < -0.3 is 20.2 Å². The summed E-state index contributed by atoms with van der Waals surface area (Å²) in [6.07, 6.45) is 2.27. The highest BCUT2D eigenvalue weighted by Crippen LogP contribution is 2.12. The first-order valence-electron chi connectivity index (χ1n) is 6.43. The minimum absolute atomic E-state index is 0.0105. The average molecular weight is 274 g/mol. The molecular weight excluding hydrogens is 256 g/mol. The number of rotatable bonds is 6. The molecule has 1 atom stereocenters. The van der Waals surface area contributed by atoms with Gasteiger partial charge in [-0.05, 0) is 43.3 Å². The molecule has 0 saturated heterocycles. The number of furan rings is 1. The Morgan fingerprint density at radius 3 is 2.75 bits per heavy atom. The Kier molecular flexibility index (Phi) is 4.65. The molecule has 1 heterocycles. The Hall–Kier alpha value is -2.43. The highest BCUT2D eigenvalue weighted by molar-refractivity contribution is 5.77. The first kappa shape index (κ1) is 14.0. The molecular formula is C15H18N2O3. The highest BCUT2D eigenvalue weighted by Gasteiger charge is 2.10. The van der Waals surface area contributed by atoms with Crippen LogP contribution >= 0.6 is 0 Å². The number of nitrogen functional groups attached to an aromatic ring is 1. The lowest BCUT2D eigenvalue weighted by molar-refractivity contribution is -0.123. The molecule has 0 spiro atoms. The molecule has 1 amide bonds. The molecule has 0 saturated carbocycles. The summed E-state index contributed by atoms with van der Waals surface area (Å²) in [6.45, 7) is 1.90. The second kappa shape index (κ2) is 6.65. The molecule has 2 rings (SSSR count).